The number of carbonyl (C=O) groups is 2. The molecule has 1 aromatic carbocycles. The van der Waals surface area contributed by atoms with Crippen LogP contribution in [0.2, 0.25) is 0 Å². The number of alkyl carbamates (subject to hydrolysis) is 1. The van der Waals surface area contributed by atoms with Crippen molar-refractivity contribution in [2.45, 2.75) is 65.3 Å². The number of aromatic nitrogens is 2. The SMILES string of the molecule is Cc1cccc(NC(=O)CSc2nnc([C@H](NC(=O)OC(C)(C)C)C(C)C)o2)c1C. The molecule has 2 amide bonds. The fourth-order valence-electron chi connectivity index (χ4n) is 2.55. The van der Waals surface area contributed by atoms with Gasteiger partial charge in [-0.1, -0.05) is 37.7 Å². The van der Waals surface area contributed by atoms with Crippen molar-refractivity contribution in [3.05, 3.63) is 35.2 Å². The van der Waals surface area contributed by atoms with Crippen LogP contribution in [-0.4, -0.2) is 33.6 Å². The number of aryl methyl sites for hydroxylation is 1. The van der Waals surface area contributed by atoms with Gasteiger partial charge in [0.15, 0.2) is 0 Å². The van der Waals surface area contributed by atoms with Crippen molar-refractivity contribution < 1.29 is 18.7 Å². The molecule has 0 aliphatic heterocycles. The van der Waals surface area contributed by atoms with Crippen molar-refractivity contribution in [1.82, 2.24) is 15.5 Å². The molecule has 0 radical (unpaired) electrons. The number of thioether (sulfide) groups is 1. The van der Waals surface area contributed by atoms with Crippen LogP contribution in [0.1, 0.15) is 57.7 Å². The Morgan fingerprint density at radius 1 is 1.20 bits per heavy atom. The predicted molar refractivity (Wildman–Crippen MR) is 117 cm³/mol. The van der Waals surface area contributed by atoms with Crippen LogP contribution in [0.3, 0.4) is 0 Å². The highest BCUT2D eigenvalue weighted by atomic mass is 32.2. The van der Waals surface area contributed by atoms with E-state index < -0.39 is 17.7 Å². The largest absolute Gasteiger partial charge is 0.444 e. The van der Waals surface area contributed by atoms with Gasteiger partial charge in [0.2, 0.25) is 11.8 Å². The number of nitrogens with zero attached hydrogens (tertiary/aromatic N) is 2. The van der Waals surface area contributed by atoms with E-state index >= 15 is 0 Å². The highest BCUT2D eigenvalue weighted by molar-refractivity contribution is 7.99. The van der Waals surface area contributed by atoms with E-state index in [9.17, 15) is 9.59 Å². The summed E-state index contributed by atoms with van der Waals surface area (Å²) in [6.45, 7) is 13.2. The minimum atomic E-state index is -0.607. The Labute approximate surface area is 181 Å². The second-order valence-electron chi connectivity index (χ2n) is 8.36. The molecule has 1 atom stereocenters. The maximum atomic E-state index is 12.3. The van der Waals surface area contributed by atoms with Gasteiger partial charge in [-0.15, -0.1) is 10.2 Å². The Morgan fingerprint density at radius 2 is 1.90 bits per heavy atom. The summed E-state index contributed by atoms with van der Waals surface area (Å²) in [6, 6.07) is 5.27. The van der Waals surface area contributed by atoms with E-state index in [0.29, 0.717) is 0 Å². The van der Waals surface area contributed by atoms with Gasteiger partial charge in [-0.3, -0.25) is 4.79 Å². The van der Waals surface area contributed by atoms with Gasteiger partial charge in [0, 0.05) is 5.69 Å². The Morgan fingerprint density at radius 3 is 2.53 bits per heavy atom. The van der Waals surface area contributed by atoms with E-state index in [4.69, 9.17) is 9.15 Å². The molecule has 0 bridgehead atoms. The van der Waals surface area contributed by atoms with Crippen LogP contribution >= 0.6 is 11.8 Å². The zero-order chi connectivity index (χ0) is 22.5. The number of hydrogen-bond donors (Lipinski definition) is 2. The quantitative estimate of drug-likeness (QED) is 0.611. The molecule has 0 saturated carbocycles. The fourth-order valence-corrected chi connectivity index (χ4v) is 3.12. The first-order valence-electron chi connectivity index (χ1n) is 9.78. The summed E-state index contributed by atoms with van der Waals surface area (Å²) in [7, 11) is 0. The molecule has 2 rings (SSSR count). The van der Waals surface area contributed by atoms with Gasteiger partial charge in [-0.2, -0.15) is 0 Å². The number of carbonyl (C=O) groups excluding carboxylic acids is 2. The van der Waals surface area contributed by atoms with Gasteiger partial charge in [-0.05, 0) is 57.7 Å². The van der Waals surface area contributed by atoms with Crippen molar-refractivity contribution in [2.75, 3.05) is 11.1 Å². The molecule has 164 valence electrons. The van der Waals surface area contributed by atoms with E-state index in [1.54, 1.807) is 20.8 Å². The Kier molecular flexibility index (Phi) is 7.89. The summed E-state index contributed by atoms with van der Waals surface area (Å²) >= 11 is 1.14. The van der Waals surface area contributed by atoms with E-state index in [-0.39, 0.29) is 28.7 Å². The highest BCUT2D eigenvalue weighted by Gasteiger charge is 2.27. The molecule has 8 nitrogen and oxygen atoms in total. The van der Waals surface area contributed by atoms with Gasteiger partial charge in [0.05, 0.1) is 5.75 Å². The second-order valence-corrected chi connectivity index (χ2v) is 9.29. The topological polar surface area (TPSA) is 106 Å². The molecule has 2 aromatic rings. The minimum absolute atomic E-state index is 0.00316. The monoisotopic (exact) mass is 434 g/mol. The smallest absolute Gasteiger partial charge is 0.408 e. The minimum Gasteiger partial charge on any atom is -0.444 e. The molecular formula is C21H30N4O4S. The van der Waals surface area contributed by atoms with E-state index in [1.807, 2.05) is 45.9 Å². The Hall–Kier alpha value is -2.55. The molecule has 2 N–H and O–H groups in total. The number of benzene rings is 1. The van der Waals surface area contributed by atoms with Crippen LogP contribution in [0, 0.1) is 19.8 Å². The second kappa shape index (κ2) is 9.97. The molecule has 0 aliphatic carbocycles. The molecule has 30 heavy (non-hydrogen) atoms. The van der Waals surface area contributed by atoms with Gasteiger partial charge in [-0.25, -0.2) is 4.79 Å². The van der Waals surface area contributed by atoms with Crippen molar-refractivity contribution in [3.8, 4) is 0 Å². The van der Waals surface area contributed by atoms with E-state index in [0.717, 1.165) is 28.6 Å². The zero-order valence-electron chi connectivity index (χ0n) is 18.5. The maximum Gasteiger partial charge on any atom is 0.408 e. The summed E-state index contributed by atoms with van der Waals surface area (Å²) < 4.78 is 11.0. The van der Waals surface area contributed by atoms with Crippen LogP contribution < -0.4 is 10.6 Å². The van der Waals surface area contributed by atoms with Gasteiger partial charge < -0.3 is 19.8 Å². The number of rotatable bonds is 7. The Balaban J connectivity index is 1.96. The molecule has 0 aliphatic rings. The number of amides is 2. The van der Waals surface area contributed by atoms with Crippen LogP contribution in [0.4, 0.5) is 10.5 Å². The molecule has 0 saturated heterocycles. The highest BCUT2D eigenvalue weighted by Crippen LogP contribution is 2.25. The first kappa shape index (κ1) is 23.7. The van der Waals surface area contributed by atoms with Crippen LogP contribution in [0.5, 0.6) is 0 Å². The van der Waals surface area contributed by atoms with Gasteiger partial charge >= 0.3 is 6.09 Å². The van der Waals surface area contributed by atoms with Crippen LogP contribution in [0.15, 0.2) is 27.8 Å². The fraction of sp³-hybridized carbons (Fsp3) is 0.524. The van der Waals surface area contributed by atoms with Crippen molar-refractivity contribution >= 4 is 29.4 Å². The molecule has 1 heterocycles. The number of nitrogens with one attached hydrogen (secondary N) is 2. The number of hydrogen-bond acceptors (Lipinski definition) is 7. The lowest BCUT2D eigenvalue weighted by molar-refractivity contribution is -0.113. The lowest BCUT2D eigenvalue weighted by Crippen LogP contribution is -2.37. The summed E-state index contributed by atoms with van der Waals surface area (Å²) in [6.07, 6.45) is -0.554. The predicted octanol–water partition coefficient (Wildman–Crippen LogP) is 4.64. The summed E-state index contributed by atoms with van der Waals surface area (Å²) in [5.41, 5.74) is 2.32. The van der Waals surface area contributed by atoms with Crippen molar-refractivity contribution in [2.24, 2.45) is 5.92 Å². The molecule has 0 spiro atoms. The molecule has 0 unspecified atom stereocenters. The van der Waals surface area contributed by atoms with Crippen molar-refractivity contribution in [3.63, 3.8) is 0 Å². The molecular weight excluding hydrogens is 404 g/mol. The van der Waals surface area contributed by atoms with Gasteiger partial charge in [0.1, 0.15) is 11.6 Å². The Bertz CT molecular complexity index is 889. The normalized spacial score (nSPS) is 12.5. The van der Waals surface area contributed by atoms with Crippen molar-refractivity contribution in [1.29, 1.82) is 0 Å². The third-order valence-corrected chi connectivity index (χ3v) is 5.05. The number of ether oxygens (including phenoxy) is 1. The first-order chi connectivity index (χ1) is 14.0. The number of anilines is 1. The molecule has 1 aromatic heterocycles. The third-order valence-electron chi connectivity index (χ3n) is 4.23. The average molecular weight is 435 g/mol. The maximum absolute atomic E-state index is 12.3. The van der Waals surface area contributed by atoms with Crippen LogP contribution in [-0.2, 0) is 9.53 Å². The summed E-state index contributed by atoms with van der Waals surface area (Å²) in [4.78, 5) is 24.4. The standard InChI is InChI=1S/C21H30N4O4S/c1-12(2)17(23-19(27)29-21(5,6)7)18-24-25-20(28-18)30-11-16(26)22-15-10-8-9-13(3)14(15)4/h8-10,12,17H,11H2,1-7H3,(H,22,26)(H,23,27)/t17-/m1/s1. The first-order valence-corrected chi connectivity index (χ1v) is 10.8. The van der Waals surface area contributed by atoms with E-state index in [1.165, 1.54) is 0 Å². The summed E-state index contributed by atoms with van der Waals surface area (Å²) in [5, 5.41) is 13.9. The summed E-state index contributed by atoms with van der Waals surface area (Å²) in [5.74, 6) is 0.235. The average Bonchev–Trinajstić information content (AvgIpc) is 3.09. The van der Waals surface area contributed by atoms with Crippen LogP contribution in [0.25, 0.3) is 0 Å². The third kappa shape index (κ3) is 7.05. The lowest BCUT2D eigenvalue weighted by atomic mass is 10.1. The molecule has 9 heteroatoms. The zero-order valence-corrected chi connectivity index (χ0v) is 19.3. The lowest BCUT2D eigenvalue weighted by Gasteiger charge is -2.23. The molecule has 0 fully saturated rings. The van der Waals surface area contributed by atoms with E-state index in [2.05, 4.69) is 20.8 Å². The van der Waals surface area contributed by atoms with Gasteiger partial charge in [0.25, 0.3) is 5.22 Å².